The van der Waals surface area contributed by atoms with Gasteiger partial charge in [-0.1, -0.05) is 11.6 Å². The van der Waals surface area contributed by atoms with Crippen LogP contribution in [0, 0.1) is 6.92 Å². The SMILES string of the molecule is Cc1nc(Br)ccc1NS(=O)(=O)c1cc(Cl)c(Br)s1. The Morgan fingerprint density at radius 2 is 2.05 bits per heavy atom. The lowest BCUT2D eigenvalue weighted by molar-refractivity contribution is 0.603. The second-order valence-electron chi connectivity index (χ2n) is 3.56. The molecule has 2 heterocycles. The first-order valence-electron chi connectivity index (χ1n) is 4.90. The highest BCUT2D eigenvalue weighted by Crippen LogP contribution is 2.35. The lowest BCUT2D eigenvalue weighted by Gasteiger charge is -2.08. The van der Waals surface area contributed by atoms with Gasteiger partial charge in [0.05, 0.1) is 20.2 Å². The van der Waals surface area contributed by atoms with Gasteiger partial charge in [-0.25, -0.2) is 13.4 Å². The molecule has 102 valence electrons. The Balaban J connectivity index is 2.36. The van der Waals surface area contributed by atoms with E-state index in [2.05, 4.69) is 41.6 Å². The van der Waals surface area contributed by atoms with Gasteiger partial charge >= 0.3 is 0 Å². The zero-order valence-corrected chi connectivity index (χ0v) is 15.0. The predicted octanol–water partition coefficient (Wildman–Crippen LogP) is 4.43. The van der Waals surface area contributed by atoms with Crippen LogP contribution in [0.3, 0.4) is 0 Å². The standard InChI is InChI=1S/C10H7Br2ClN2O2S2/c1-5-7(2-3-8(11)14-5)15-19(16,17)9-4-6(13)10(12)18-9/h2-4,15H,1H3. The minimum atomic E-state index is -3.65. The molecule has 0 radical (unpaired) electrons. The summed E-state index contributed by atoms with van der Waals surface area (Å²) in [6.45, 7) is 1.72. The molecule has 0 fully saturated rings. The maximum atomic E-state index is 12.2. The summed E-state index contributed by atoms with van der Waals surface area (Å²) < 4.78 is 28.2. The van der Waals surface area contributed by atoms with E-state index in [-0.39, 0.29) is 4.21 Å². The summed E-state index contributed by atoms with van der Waals surface area (Å²) in [7, 11) is -3.65. The third-order valence-electron chi connectivity index (χ3n) is 2.18. The van der Waals surface area contributed by atoms with E-state index >= 15 is 0 Å². The van der Waals surface area contributed by atoms with Gasteiger partial charge in [-0.05, 0) is 57.0 Å². The first kappa shape index (κ1) is 15.2. The number of thiophene rings is 1. The monoisotopic (exact) mass is 444 g/mol. The molecular formula is C10H7Br2ClN2O2S2. The smallest absolute Gasteiger partial charge is 0.271 e. The molecule has 2 rings (SSSR count). The van der Waals surface area contributed by atoms with E-state index in [0.717, 1.165) is 11.3 Å². The number of nitrogens with zero attached hydrogens (tertiary/aromatic N) is 1. The second-order valence-corrected chi connectivity index (χ2v) is 9.06. The molecule has 0 aromatic carbocycles. The van der Waals surface area contributed by atoms with E-state index in [0.29, 0.717) is 24.8 Å². The summed E-state index contributed by atoms with van der Waals surface area (Å²) in [5, 5.41) is 0.371. The van der Waals surface area contributed by atoms with Gasteiger partial charge in [0.1, 0.15) is 8.81 Å². The number of halogens is 3. The van der Waals surface area contributed by atoms with Crippen LogP contribution in [0.5, 0.6) is 0 Å². The minimum absolute atomic E-state index is 0.145. The summed E-state index contributed by atoms with van der Waals surface area (Å²) >= 11 is 13.3. The largest absolute Gasteiger partial charge is 0.277 e. The van der Waals surface area contributed by atoms with Gasteiger partial charge < -0.3 is 0 Å². The molecule has 0 saturated heterocycles. The number of pyridine rings is 1. The molecule has 19 heavy (non-hydrogen) atoms. The van der Waals surface area contributed by atoms with Crippen molar-refractivity contribution >= 4 is 70.5 Å². The number of rotatable bonds is 3. The third-order valence-corrected chi connectivity index (χ3v) is 6.94. The van der Waals surface area contributed by atoms with Gasteiger partial charge in [-0.2, -0.15) is 0 Å². The Hall–Kier alpha value is -0.150. The van der Waals surface area contributed by atoms with Gasteiger partial charge in [0.2, 0.25) is 0 Å². The van der Waals surface area contributed by atoms with Crippen molar-refractivity contribution in [3.05, 3.63) is 37.3 Å². The van der Waals surface area contributed by atoms with E-state index in [1.165, 1.54) is 6.07 Å². The summed E-state index contributed by atoms with van der Waals surface area (Å²) in [6.07, 6.45) is 0. The fourth-order valence-electron chi connectivity index (χ4n) is 1.29. The van der Waals surface area contributed by atoms with Crippen LogP contribution in [0.25, 0.3) is 0 Å². The van der Waals surface area contributed by atoms with Crippen molar-refractivity contribution in [1.29, 1.82) is 0 Å². The van der Waals surface area contributed by atoms with Crippen molar-refractivity contribution in [2.45, 2.75) is 11.1 Å². The number of nitrogens with one attached hydrogen (secondary N) is 1. The highest BCUT2D eigenvalue weighted by molar-refractivity contribution is 9.11. The second kappa shape index (κ2) is 5.69. The minimum Gasteiger partial charge on any atom is -0.277 e. The Kier molecular flexibility index (Phi) is 4.56. The summed E-state index contributed by atoms with van der Waals surface area (Å²) in [5.74, 6) is 0. The van der Waals surface area contributed by atoms with E-state index in [1.54, 1.807) is 19.1 Å². The highest BCUT2D eigenvalue weighted by Gasteiger charge is 2.20. The number of hydrogen-bond donors (Lipinski definition) is 1. The number of aryl methyl sites for hydroxylation is 1. The summed E-state index contributed by atoms with van der Waals surface area (Å²) in [6, 6.07) is 4.72. The lowest BCUT2D eigenvalue weighted by Crippen LogP contribution is -2.12. The average molecular weight is 447 g/mol. The fourth-order valence-corrected chi connectivity index (χ4v) is 5.21. The van der Waals surface area contributed by atoms with E-state index < -0.39 is 10.0 Å². The van der Waals surface area contributed by atoms with Crippen molar-refractivity contribution in [2.75, 3.05) is 4.72 Å². The van der Waals surface area contributed by atoms with E-state index in [4.69, 9.17) is 11.6 Å². The molecule has 9 heteroatoms. The first-order chi connectivity index (χ1) is 8.79. The molecule has 0 bridgehead atoms. The zero-order chi connectivity index (χ0) is 14.2. The summed E-state index contributed by atoms with van der Waals surface area (Å²) in [4.78, 5) is 4.13. The van der Waals surface area contributed by atoms with Crippen molar-refractivity contribution in [2.24, 2.45) is 0 Å². The van der Waals surface area contributed by atoms with Crippen molar-refractivity contribution in [3.63, 3.8) is 0 Å². The number of anilines is 1. The normalized spacial score (nSPS) is 11.6. The van der Waals surface area contributed by atoms with Crippen molar-refractivity contribution < 1.29 is 8.42 Å². The molecule has 2 aromatic heterocycles. The Morgan fingerprint density at radius 1 is 1.37 bits per heavy atom. The van der Waals surface area contributed by atoms with Gasteiger partial charge in [0.25, 0.3) is 10.0 Å². The number of sulfonamides is 1. The van der Waals surface area contributed by atoms with Gasteiger partial charge in [0.15, 0.2) is 0 Å². The van der Waals surface area contributed by atoms with Crippen LogP contribution >= 0.6 is 54.8 Å². The predicted molar refractivity (Wildman–Crippen MR) is 84.5 cm³/mol. The van der Waals surface area contributed by atoms with Crippen LogP contribution in [-0.2, 0) is 10.0 Å². The highest BCUT2D eigenvalue weighted by atomic mass is 79.9. The van der Waals surface area contributed by atoms with Crippen LogP contribution in [0.15, 0.2) is 30.8 Å². The first-order valence-corrected chi connectivity index (χ1v) is 9.17. The van der Waals surface area contributed by atoms with E-state index in [1.807, 2.05) is 0 Å². The van der Waals surface area contributed by atoms with Crippen LogP contribution in [0.1, 0.15) is 5.69 Å². The van der Waals surface area contributed by atoms with Crippen LogP contribution in [0.2, 0.25) is 5.02 Å². The van der Waals surface area contributed by atoms with Gasteiger partial charge in [0, 0.05) is 0 Å². The maximum absolute atomic E-state index is 12.2. The molecule has 0 atom stereocenters. The molecule has 0 unspecified atom stereocenters. The van der Waals surface area contributed by atoms with Crippen LogP contribution < -0.4 is 4.72 Å². The van der Waals surface area contributed by atoms with Crippen LogP contribution in [-0.4, -0.2) is 13.4 Å². The topological polar surface area (TPSA) is 59.1 Å². The molecule has 0 aliphatic carbocycles. The van der Waals surface area contributed by atoms with Gasteiger partial charge in [-0.15, -0.1) is 11.3 Å². The lowest BCUT2D eigenvalue weighted by atomic mass is 10.3. The van der Waals surface area contributed by atoms with Crippen molar-refractivity contribution in [1.82, 2.24) is 4.98 Å². The molecule has 1 N–H and O–H groups in total. The summed E-state index contributed by atoms with van der Waals surface area (Å²) in [5.41, 5.74) is 1.02. The molecule has 2 aromatic rings. The number of hydrogen-bond acceptors (Lipinski definition) is 4. The molecular weight excluding hydrogens is 440 g/mol. The number of aromatic nitrogens is 1. The Bertz CT molecular complexity index is 712. The molecule has 0 spiro atoms. The quantitative estimate of drug-likeness (QED) is 0.710. The van der Waals surface area contributed by atoms with Crippen LogP contribution in [0.4, 0.5) is 5.69 Å². The average Bonchev–Trinajstić information content (AvgIpc) is 2.64. The zero-order valence-electron chi connectivity index (χ0n) is 9.45. The maximum Gasteiger partial charge on any atom is 0.271 e. The molecule has 0 amide bonds. The van der Waals surface area contributed by atoms with Crippen molar-refractivity contribution in [3.8, 4) is 0 Å². The molecule has 0 aliphatic rings. The third kappa shape index (κ3) is 3.49. The Morgan fingerprint density at radius 3 is 2.58 bits per heavy atom. The molecule has 0 aliphatic heterocycles. The Labute approximate surface area is 136 Å². The fraction of sp³-hybridized carbons (Fsp3) is 0.100. The molecule has 4 nitrogen and oxygen atoms in total. The molecule has 0 saturated carbocycles. The van der Waals surface area contributed by atoms with E-state index in [9.17, 15) is 8.42 Å². The van der Waals surface area contributed by atoms with Gasteiger partial charge in [-0.3, -0.25) is 4.72 Å².